The smallest absolute Gasteiger partial charge is 0.271 e. The number of rotatable bonds is 7. The van der Waals surface area contributed by atoms with Gasteiger partial charge in [-0.25, -0.2) is 0 Å². The average Bonchev–Trinajstić information content (AvgIpc) is 2.93. The molecule has 0 aromatic carbocycles. The Kier molecular flexibility index (Phi) is 6.74. The molecule has 2 N–H and O–H groups in total. The van der Waals surface area contributed by atoms with Crippen LogP contribution in [-0.2, 0) is 16.6 Å². The Morgan fingerprint density at radius 1 is 1.33 bits per heavy atom. The molecule has 2 rings (SSSR count). The third-order valence-corrected chi connectivity index (χ3v) is 3.93. The number of ether oxygens (including phenoxy) is 1. The monoisotopic (exact) mass is 337 g/mol. The van der Waals surface area contributed by atoms with Crippen LogP contribution < -0.4 is 10.6 Å². The zero-order valence-corrected chi connectivity index (χ0v) is 14.7. The second-order valence-corrected chi connectivity index (χ2v) is 6.25. The first-order valence-electron chi connectivity index (χ1n) is 8.40. The molecule has 0 radical (unpaired) electrons. The maximum absolute atomic E-state index is 12.1. The Bertz CT molecular complexity index is 564. The summed E-state index contributed by atoms with van der Waals surface area (Å²) in [6, 6.07) is 1.59. The number of hydrogen-bond acceptors (Lipinski definition) is 5. The van der Waals surface area contributed by atoms with Crippen molar-refractivity contribution in [3.8, 4) is 0 Å². The topological polar surface area (TPSA) is 88.5 Å². The SMILES string of the molecule is CC(C)C(=O)Nc1cc(C(=O)NCCCN2CCOCC2)nn1C. The highest BCUT2D eigenvalue weighted by Crippen LogP contribution is 2.10. The molecular formula is C16H27N5O3. The fourth-order valence-corrected chi connectivity index (χ4v) is 2.39. The molecule has 2 heterocycles. The molecule has 1 fully saturated rings. The van der Waals surface area contributed by atoms with E-state index in [0.29, 0.717) is 18.1 Å². The van der Waals surface area contributed by atoms with E-state index in [2.05, 4.69) is 20.6 Å². The number of amides is 2. The van der Waals surface area contributed by atoms with Gasteiger partial charge in [-0.15, -0.1) is 0 Å². The third-order valence-electron chi connectivity index (χ3n) is 3.93. The molecule has 24 heavy (non-hydrogen) atoms. The number of nitrogens with zero attached hydrogens (tertiary/aromatic N) is 3. The minimum atomic E-state index is -0.224. The van der Waals surface area contributed by atoms with Gasteiger partial charge in [-0.1, -0.05) is 13.8 Å². The van der Waals surface area contributed by atoms with Crippen molar-refractivity contribution in [1.29, 1.82) is 0 Å². The number of anilines is 1. The molecule has 0 saturated carbocycles. The summed E-state index contributed by atoms with van der Waals surface area (Å²) in [7, 11) is 1.70. The standard InChI is InChI=1S/C16H27N5O3/c1-12(2)15(22)18-14-11-13(19-20(14)3)16(23)17-5-4-6-21-7-9-24-10-8-21/h11-12H,4-10H2,1-3H3,(H,17,23)(H,18,22). The van der Waals surface area contributed by atoms with Crippen LogP contribution in [0, 0.1) is 5.92 Å². The lowest BCUT2D eigenvalue weighted by Crippen LogP contribution is -2.38. The van der Waals surface area contributed by atoms with E-state index in [9.17, 15) is 9.59 Å². The summed E-state index contributed by atoms with van der Waals surface area (Å²) >= 11 is 0. The van der Waals surface area contributed by atoms with Gasteiger partial charge in [0.05, 0.1) is 13.2 Å². The number of aryl methyl sites for hydroxylation is 1. The maximum Gasteiger partial charge on any atom is 0.271 e. The van der Waals surface area contributed by atoms with Crippen molar-refractivity contribution < 1.29 is 14.3 Å². The predicted octanol–water partition coefficient (Wildman–Crippen LogP) is 0.467. The molecule has 0 unspecified atom stereocenters. The van der Waals surface area contributed by atoms with Crippen molar-refractivity contribution >= 4 is 17.6 Å². The van der Waals surface area contributed by atoms with Gasteiger partial charge < -0.3 is 15.4 Å². The van der Waals surface area contributed by atoms with Crippen LogP contribution in [0.1, 0.15) is 30.8 Å². The van der Waals surface area contributed by atoms with E-state index in [1.165, 1.54) is 4.68 Å². The van der Waals surface area contributed by atoms with Crippen LogP contribution in [0.25, 0.3) is 0 Å². The minimum Gasteiger partial charge on any atom is -0.379 e. The summed E-state index contributed by atoms with van der Waals surface area (Å²) in [4.78, 5) is 26.2. The van der Waals surface area contributed by atoms with Crippen molar-refractivity contribution in [2.45, 2.75) is 20.3 Å². The van der Waals surface area contributed by atoms with Gasteiger partial charge in [0.15, 0.2) is 5.69 Å². The Hall–Kier alpha value is -1.93. The van der Waals surface area contributed by atoms with Gasteiger partial charge in [-0.3, -0.25) is 19.2 Å². The fraction of sp³-hybridized carbons (Fsp3) is 0.688. The van der Waals surface area contributed by atoms with Crippen molar-refractivity contribution in [3.63, 3.8) is 0 Å². The molecule has 0 atom stereocenters. The van der Waals surface area contributed by atoms with Crippen LogP contribution in [0.5, 0.6) is 0 Å². The normalized spacial score (nSPS) is 15.5. The number of morpholine rings is 1. The predicted molar refractivity (Wildman–Crippen MR) is 90.9 cm³/mol. The Labute approximate surface area is 142 Å². The summed E-state index contributed by atoms with van der Waals surface area (Å²) < 4.78 is 6.81. The summed E-state index contributed by atoms with van der Waals surface area (Å²) in [6.45, 7) is 8.64. The minimum absolute atomic E-state index is 0.101. The van der Waals surface area contributed by atoms with Gasteiger partial charge >= 0.3 is 0 Å². The fourth-order valence-electron chi connectivity index (χ4n) is 2.39. The Morgan fingerprint density at radius 3 is 2.71 bits per heavy atom. The quantitative estimate of drug-likeness (QED) is 0.706. The largest absolute Gasteiger partial charge is 0.379 e. The lowest BCUT2D eigenvalue weighted by molar-refractivity contribution is -0.118. The van der Waals surface area contributed by atoms with E-state index in [1.807, 2.05) is 13.8 Å². The molecular weight excluding hydrogens is 310 g/mol. The molecule has 8 nitrogen and oxygen atoms in total. The molecule has 0 spiro atoms. The van der Waals surface area contributed by atoms with E-state index in [4.69, 9.17) is 4.74 Å². The molecule has 8 heteroatoms. The van der Waals surface area contributed by atoms with E-state index < -0.39 is 0 Å². The molecule has 1 aliphatic rings. The molecule has 1 aromatic heterocycles. The zero-order valence-electron chi connectivity index (χ0n) is 14.7. The van der Waals surface area contributed by atoms with Gasteiger partial charge in [0.2, 0.25) is 5.91 Å². The van der Waals surface area contributed by atoms with Gasteiger partial charge in [-0.05, 0) is 13.0 Å². The first-order chi connectivity index (χ1) is 11.5. The first kappa shape index (κ1) is 18.4. The van der Waals surface area contributed by atoms with Crippen molar-refractivity contribution in [2.75, 3.05) is 44.7 Å². The average molecular weight is 337 g/mol. The molecule has 0 bridgehead atoms. The molecule has 134 valence electrons. The van der Waals surface area contributed by atoms with E-state index in [-0.39, 0.29) is 17.7 Å². The first-order valence-corrected chi connectivity index (χ1v) is 8.40. The van der Waals surface area contributed by atoms with Crippen LogP contribution in [0.3, 0.4) is 0 Å². The number of carbonyl (C=O) groups is 2. The second-order valence-electron chi connectivity index (χ2n) is 6.25. The van der Waals surface area contributed by atoms with E-state index in [1.54, 1.807) is 13.1 Å². The lowest BCUT2D eigenvalue weighted by Gasteiger charge is -2.26. The number of aromatic nitrogens is 2. The van der Waals surface area contributed by atoms with E-state index >= 15 is 0 Å². The van der Waals surface area contributed by atoms with Crippen LogP contribution in [0.15, 0.2) is 6.07 Å². The zero-order chi connectivity index (χ0) is 17.5. The van der Waals surface area contributed by atoms with Crippen molar-refractivity contribution in [2.24, 2.45) is 13.0 Å². The molecule has 1 aliphatic heterocycles. The van der Waals surface area contributed by atoms with Crippen LogP contribution >= 0.6 is 0 Å². The summed E-state index contributed by atoms with van der Waals surface area (Å²) in [6.07, 6.45) is 0.884. The van der Waals surface area contributed by atoms with Crippen molar-refractivity contribution in [1.82, 2.24) is 20.0 Å². The summed E-state index contributed by atoms with van der Waals surface area (Å²) in [5, 5.41) is 9.78. The maximum atomic E-state index is 12.1. The summed E-state index contributed by atoms with van der Waals surface area (Å²) in [5.74, 6) is 0.0672. The molecule has 0 aliphatic carbocycles. The van der Waals surface area contributed by atoms with E-state index in [0.717, 1.165) is 39.3 Å². The van der Waals surface area contributed by atoms with Gasteiger partial charge in [0.1, 0.15) is 5.82 Å². The van der Waals surface area contributed by atoms with Crippen LogP contribution in [0.2, 0.25) is 0 Å². The highest BCUT2D eigenvalue weighted by atomic mass is 16.5. The molecule has 2 amide bonds. The molecule has 1 saturated heterocycles. The molecule has 1 aromatic rings. The Balaban J connectivity index is 1.76. The van der Waals surface area contributed by atoms with Gasteiger partial charge in [0, 0.05) is 38.7 Å². The Morgan fingerprint density at radius 2 is 2.04 bits per heavy atom. The van der Waals surface area contributed by atoms with Crippen molar-refractivity contribution in [3.05, 3.63) is 11.8 Å². The number of hydrogen-bond donors (Lipinski definition) is 2. The highest BCUT2D eigenvalue weighted by Gasteiger charge is 2.16. The van der Waals surface area contributed by atoms with Gasteiger partial charge in [0.25, 0.3) is 5.91 Å². The van der Waals surface area contributed by atoms with Crippen LogP contribution in [-0.4, -0.2) is 65.9 Å². The lowest BCUT2D eigenvalue weighted by atomic mass is 10.2. The summed E-state index contributed by atoms with van der Waals surface area (Å²) in [5.41, 5.74) is 0.308. The number of carbonyl (C=O) groups excluding carboxylic acids is 2. The van der Waals surface area contributed by atoms with Crippen LogP contribution in [0.4, 0.5) is 5.82 Å². The third kappa shape index (κ3) is 5.31. The number of nitrogens with one attached hydrogen (secondary N) is 2. The highest BCUT2D eigenvalue weighted by molar-refractivity contribution is 5.95. The second kappa shape index (κ2) is 8.79. The van der Waals surface area contributed by atoms with Gasteiger partial charge in [-0.2, -0.15) is 5.10 Å².